The first-order valence-electron chi connectivity index (χ1n) is 7.73. The largest absolute Gasteiger partial charge is 0.457 e. The molecule has 0 aliphatic heterocycles. The summed E-state index contributed by atoms with van der Waals surface area (Å²) in [6, 6.07) is 16.3. The van der Waals surface area contributed by atoms with Crippen molar-refractivity contribution >= 4 is 15.7 Å². The van der Waals surface area contributed by atoms with Gasteiger partial charge in [-0.05, 0) is 25.1 Å². The summed E-state index contributed by atoms with van der Waals surface area (Å²) in [5.41, 5.74) is 0.781. The van der Waals surface area contributed by atoms with E-state index in [-0.39, 0.29) is 11.8 Å². The van der Waals surface area contributed by atoms with Gasteiger partial charge >= 0.3 is 0 Å². The summed E-state index contributed by atoms with van der Waals surface area (Å²) in [5.74, 6) is 0.240. The zero-order valence-corrected chi connectivity index (χ0v) is 14.5. The van der Waals surface area contributed by atoms with Crippen molar-refractivity contribution in [1.29, 1.82) is 0 Å². The summed E-state index contributed by atoms with van der Waals surface area (Å²) in [5, 5.41) is 2.71. The molecule has 24 heavy (non-hydrogen) atoms. The number of para-hydroxylation sites is 2. The maximum Gasteiger partial charge on any atom is 0.235 e. The first kappa shape index (κ1) is 18.0. The summed E-state index contributed by atoms with van der Waals surface area (Å²) in [6.07, 6.45) is 0. The highest BCUT2D eigenvalue weighted by atomic mass is 32.2. The molecule has 2 aromatic carbocycles. The number of carbonyl (C=O) groups excluding carboxylic acids is 1. The quantitative estimate of drug-likeness (QED) is 0.835. The van der Waals surface area contributed by atoms with Gasteiger partial charge in [-0.1, -0.05) is 43.3 Å². The van der Waals surface area contributed by atoms with Crippen molar-refractivity contribution in [2.24, 2.45) is 0 Å². The number of hydrogen-bond acceptors (Lipinski definition) is 4. The van der Waals surface area contributed by atoms with E-state index in [2.05, 4.69) is 5.32 Å². The number of sulfone groups is 1. The maximum absolute atomic E-state index is 11.9. The van der Waals surface area contributed by atoms with E-state index in [0.29, 0.717) is 11.5 Å². The SMILES string of the molecule is CCS(=O)(=O)CC(=O)N[C@H](C)c1ccccc1Oc1ccccc1. The molecular weight excluding hydrogens is 326 g/mol. The van der Waals surface area contributed by atoms with Crippen LogP contribution in [0.1, 0.15) is 25.5 Å². The molecule has 0 unspecified atom stereocenters. The van der Waals surface area contributed by atoms with Crippen LogP contribution in [0, 0.1) is 0 Å². The van der Waals surface area contributed by atoms with E-state index in [4.69, 9.17) is 4.74 Å². The molecule has 0 aliphatic rings. The highest BCUT2D eigenvalue weighted by molar-refractivity contribution is 7.92. The first-order valence-corrected chi connectivity index (χ1v) is 9.55. The lowest BCUT2D eigenvalue weighted by Crippen LogP contribution is -2.33. The lowest BCUT2D eigenvalue weighted by atomic mass is 10.1. The Morgan fingerprint density at radius 1 is 1.08 bits per heavy atom. The standard InChI is InChI=1S/C18H21NO4S/c1-3-24(21,22)13-18(20)19-14(2)16-11-7-8-12-17(16)23-15-9-5-4-6-10-15/h4-12,14H,3,13H2,1-2H3,(H,19,20)/t14-/m1/s1. The molecule has 0 radical (unpaired) electrons. The van der Waals surface area contributed by atoms with Crippen molar-refractivity contribution in [3.63, 3.8) is 0 Å². The van der Waals surface area contributed by atoms with Crippen molar-refractivity contribution in [3.05, 3.63) is 60.2 Å². The lowest BCUT2D eigenvalue weighted by molar-refractivity contribution is -0.119. The van der Waals surface area contributed by atoms with Crippen LogP contribution in [-0.2, 0) is 14.6 Å². The summed E-state index contributed by atoms with van der Waals surface area (Å²) in [6.45, 7) is 3.32. The summed E-state index contributed by atoms with van der Waals surface area (Å²) < 4.78 is 29.0. The summed E-state index contributed by atoms with van der Waals surface area (Å²) in [4.78, 5) is 11.9. The van der Waals surface area contributed by atoms with Crippen LogP contribution in [0.15, 0.2) is 54.6 Å². The molecule has 2 rings (SSSR count). The van der Waals surface area contributed by atoms with Gasteiger partial charge < -0.3 is 10.1 Å². The average molecular weight is 347 g/mol. The maximum atomic E-state index is 11.9. The Hall–Kier alpha value is -2.34. The van der Waals surface area contributed by atoms with Crippen LogP contribution >= 0.6 is 0 Å². The molecule has 0 saturated heterocycles. The predicted molar refractivity (Wildman–Crippen MR) is 93.8 cm³/mol. The molecule has 2 aromatic rings. The fraction of sp³-hybridized carbons (Fsp3) is 0.278. The summed E-state index contributed by atoms with van der Waals surface area (Å²) >= 11 is 0. The van der Waals surface area contributed by atoms with Crippen molar-refractivity contribution in [3.8, 4) is 11.5 Å². The van der Waals surface area contributed by atoms with Gasteiger partial charge in [0, 0.05) is 11.3 Å². The van der Waals surface area contributed by atoms with Gasteiger partial charge in [-0.3, -0.25) is 4.79 Å². The van der Waals surface area contributed by atoms with E-state index in [1.54, 1.807) is 6.92 Å². The van der Waals surface area contributed by atoms with Gasteiger partial charge in [0.15, 0.2) is 9.84 Å². The minimum absolute atomic E-state index is 0.0531. The first-order chi connectivity index (χ1) is 11.4. The van der Waals surface area contributed by atoms with Crippen molar-refractivity contribution in [2.45, 2.75) is 19.9 Å². The molecule has 0 bridgehead atoms. The topological polar surface area (TPSA) is 72.5 Å². The van der Waals surface area contributed by atoms with Crippen molar-refractivity contribution < 1.29 is 17.9 Å². The van der Waals surface area contributed by atoms with Gasteiger partial charge in [-0.15, -0.1) is 0 Å². The highest BCUT2D eigenvalue weighted by Gasteiger charge is 2.18. The Kier molecular flexibility index (Phi) is 5.98. The van der Waals surface area contributed by atoms with Gasteiger partial charge in [-0.25, -0.2) is 8.42 Å². The van der Waals surface area contributed by atoms with Crippen LogP contribution in [0.3, 0.4) is 0 Å². The van der Waals surface area contributed by atoms with Crippen LogP contribution in [0.25, 0.3) is 0 Å². The number of amides is 1. The number of rotatable bonds is 7. The fourth-order valence-electron chi connectivity index (χ4n) is 2.21. The molecule has 6 heteroatoms. The van der Waals surface area contributed by atoms with Crippen LogP contribution in [0.5, 0.6) is 11.5 Å². The number of carbonyl (C=O) groups is 1. The molecule has 1 amide bonds. The monoisotopic (exact) mass is 347 g/mol. The third-order valence-corrected chi connectivity index (χ3v) is 5.11. The van der Waals surface area contributed by atoms with Gasteiger partial charge in [0.2, 0.25) is 5.91 Å². The molecule has 0 saturated carbocycles. The van der Waals surface area contributed by atoms with Gasteiger partial charge in [-0.2, -0.15) is 0 Å². The van der Waals surface area contributed by atoms with E-state index in [0.717, 1.165) is 5.56 Å². The van der Waals surface area contributed by atoms with E-state index in [9.17, 15) is 13.2 Å². The zero-order chi connectivity index (χ0) is 17.6. The van der Waals surface area contributed by atoms with Crippen LogP contribution in [0.4, 0.5) is 0 Å². The summed E-state index contributed by atoms with van der Waals surface area (Å²) in [7, 11) is -3.35. The average Bonchev–Trinajstić information content (AvgIpc) is 2.55. The lowest BCUT2D eigenvalue weighted by Gasteiger charge is -2.18. The molecule has 128 valence electrons. The number of ether oxygens (including phenoxy) is 1. The Bertz CT molecular complexity index is 788. The Balaban J connectivity index is 2.12. The molecule has 0 heterocycles. The Morgan fingerprint density at radius 2 is 1.71 bits per heavy atom. The molecule has 0 aromatic heterocycles. The minimum atomic E-state index is -3.35. The van der Waals surface area contributed by atoms with E-state index >= 15 is 0 Å². The second-order valence-electron chi connectivity index (χ2n) is 5.42. The zero-order valence-electron chi connectivity index (χ0n) is 13.7. The predicted octanol–water partition coefficient (Wildman–Crippen LogP) is 3.09. The van der Waals surface area contributed by atoms with Gasteiger partial charge in [0.25, 0.3) is 0 Å². The molecule has 1 N–H and O–H groups in total. The number of hydrogen-bond donors (Lipinski definition) is 1. The molecule has 1 atom stereocenters. The van der Waals surface area contributed by atoms with E-state index in [1.807, 2.05) is 54.6 Å². The van der Waals surface area contributed by atoms with Crippen molar-refractivity contribution in [1.82, 2.24) is 5.32 Å². The van der Waals surface area contributed by atoms with Gasteiger partial charge in [0.1, 0.15) is 17.3 Å². The van der Waals surface area contributed by atoms with Crippen LogP contribution in [0.2, 0.25) is 0 Å². The third-order valence-electron chi connectivity index (χ3n) is 3.52. The number of benzene rings is 2. The fourth-order valence-corrected chi connectivity index (χ4v) is 2.90. The normalized spacial score (nSPS) is 12.4. The van der Waals surface area contributed by atoms with Crippen LogP contribution < -0.4 is 10.1 Å². The molecule has 0 aliphatic carbocycles. The molecule has 0 spiro atoms. The highest BCUT2D eigenvalue weighted by Crippen LogP contribution is 2.29. The molecule has 0 fully saturated rings. The smallest absolute Gasteiger partial charge is 0.235 e. The number of nitrogens with one attached hydrogen (secondary N) is 1. The second-order valence-corrected chi connectivity index (χ2v) is 7.77. The Morgan fingerprint density at radius 3 is 2.38 bits per heavy atom. The second kappa shape index (κ2) is 7.97. The minimum Gasteiger partial charge on any atom is -0.457 e. The van der Waals surface area contributed by atoms with Crippen LogP contribution in [-0.4, -0.2) is 25.8 Å². The van der Waals surface area contributed by atoms with Gasteiger partial charge in [0.05, 0.1) is 6.04 Å². The Labute approximate surface area is 142 Å². The van der Waals surface area contributed by atoms with E-state index in [1.165, 1.54) is 6.92 Å². The van der Waals surface area contributed by atoms with E-state index < -0.39 is 21.5 Å². The molecule has 5 nitrogen and oxygen atoms in total. The molecular formula is C18H21NO4S. The third kappa shape index (κ3) is 5.09. The van der Waals surface area contributed by atoms with Crippen molar-refractivity contribution in [2.75, 3.05) is 11.5 Å².